The van der Waals surface area contributed by atoms with Crippen molar-refractivity contribution in [3.8, 4) is 17.1 Å². The van der Waals surface area contributed by atoms with Crippen molar-refractivity contribution in [2.75, 3.05) is 14.2 Å². The van der Waals surface area contributed by atoms with Crippen LogP contribution in [0.15, 0.2) is 115 Å². The maximum Gasteiger partial charge on any atom is 0.356 e. The van der Waals surface area contributed by atoms with Crippen LogP contribution in [0, 0.1) is 0 Å². The molecule has 0 spiro atoms. The molecule has 0 radical (unpaired) electrons. The molecule has 9 rings (SSSR count). The summed E-state index contributed by atoms with van der Waals surface area (Å²) in [6.07, 6.45) is 14.9. The fourth-order valence-electron chi connectivity index (χ4n) is 8.10. The topological polar surface area (TPSA) is 155 Å². The molecule has 3 aromatic carbocycles. The van der Waals surface area contributed by atoms with Crippen LogP contribution in [0.4, 0.5) is 0 Å². The first kappa shape index (κ1) is 41.6. The van der Waals surface area contributed by atoms with E-state index in [1.807, 2.05) is 103 Å². The van der Waals surface area contributed by atoms with E-state index in [0.29, 0.717) is 28.9 Å². The minimum atomic E-state index is -0.536. The van der Waals surface area contributed by atoms with E-state index in [1.165, 1.54) is 45.5 Å². The Kier molecular flexibility index (Phi) is 13.8. The number of nitrogens with one attached hydrogen (secondary N) is 1. The summed E-state index contributed by atoms with van der Waals surface area (Å²) in [5.41, 5.74) is 9.60. The number of methoxy groups -OCH3 is 2. The van der Waals surface area contributed by atoms with Crippen LogP contribution < -0.4 is 5.48 Å². The lowest BCUT2D eigenvalue weighted by Gasteiger charge is -2.06. The Morgan fingerprint density at radius 2 is 1.00 bits per heavy atom. The number of carbonyl (C=O) groups excluding carboxylic acids is 3. The van der Waals surface area contributed by atoms with Gasteiger partial charge in [0, 0.05) is 11.8 Å². The number of ether oxygens (including phenoxy) is 2. The zero-order chi connectivity index (χ0) is 41.8. The number of esters is 2. The Labute approximate surface area is 349 Å². The third kappa shape index (κ3) is 9.64. The Balaban J connectivity index is 0.000000136. The lowest BCUT2D eigenvalue weighted by atomic mass is 10.0. The summed E-state index contributed by atoms with van der Waals surface area (Å²) in [6, 6.07) is 34.3. The SMILES string of the molecule is COC(=O)c1cc(C2=CCCC2)nn1-c1ccccc1.COC(=O)c1cc(C2CCCC2)nn1-c1ccccc1.O=C(NO)c1cc(C2CCCC2)nn1-c1ccccc1. The zero-order valence-electron chi connectivity index (χ0n) is 34.1. The molecule has 3 aliphatic rings. The van der Waals surface area contributed by atoms with Gasteiger partial charge >= 0.3 is 11.9 Å². The standard InChI is InChI=1S/C16H18N2O2.C16H16N2O2.C15H17N3O2/c2*1-20-16(19)15-11-14(12-7-5-6-8-12)17-18(15)13-9-3-2-4-10-13;19-15(17-20)14-10-13(11-6-4-5-7-11)16-18(14)12-8-2-1-3-9-12/h2-4,9-12H,5-8H2,1H3;2-4,7,9-11H,5-6,8H2,1H3;1-3,8-11,20H,4-7H2,(H,17,19). The minimum absolute atomic E-state index is 0.342. The van der Waals surface area contributed by atoms with Crippen LogP contribution in [0.1, 0.15) is 131 Å². The van der Waals surface area contributed by atoms with Crippen LogP contribution in [0.5, 0.6) is 0 Å². The zero-order valence-corrected chi connectivity index (χ0v) is 34.1. The average Bonchev–Trinajstić information content (AvgIpc) is 4.16. The van der Waals surface area contributed by atoms with E-state index in [-0.39, 0.29) is 11.9 Å². The number of hydroxylamine groups is 1. The van der Waals surface area contributed by atoms with Crippen molar-refractivity contribution in [3.05, 3.63) is 149 Å². The smallest absolute Gasteiger partial charge is 0.356 e. The first-order chi connectivity index (χ1) is 29.4. The summed E-state index contributed by atoms with van der Waals surface area (Å²) >= 11 is 0. The number of rotatable bonds is 9. The van der Waals surface area contributed by atoms with Gasteiger partial charge in [0.05, 0.1) is 48.4 Å². The van der Waals surface area contributed by atoms with Crippen molar-refractivity contribution in [2.24, 2.45) is 0 Å². The predicted molar refractivity (Wildman–Crippen MR) is 227 cm³/mol. The van der Waals surface area contributed by atoms with Crippen molar-refractivity contribution in [1.82, 2.24) is 34.8 Å². The van der Waals surface area contributed by atoms with Crippen LogP contribution >= 0.6 is 0 Å². The van der Waals surface area contributed by atoms with Gasteiger partial charge in [0.25, 0.3) is 5.91 Å². The number of nitrogens with zero attached hydrogens (tertiary/aromatic N) is 6. The van der Waals surface area contributed by atoms with E-state index in [2.05, 4.69) is 21.4 Å². The van der Waals surface area contributed by atoms with Crippen LogP contribution in [0.3, 0.4) is 0 Å². The highest BCUT2D eigenvalue weighted by molar-refractivity contribution is 5.92. The number of hydrogen-bond donors (Lipinski definition) is 2. The molecule has 3 heterocycles. The molecule has 60 heavy (non-hydrogen) atoms. The summed E-state index contributed by atoms with van der Waals surface area (Å²) in [5.74, 6) is -0.351. The lowest BCUT2D eigenvalue weighted by molar-refractivity contribution is 0.0581. The van der Waals surface area contributed by atoms with Gasteiger partial charge in [-0.2, -0.15) is 15.3 Å². The van der Waals surface area contributed by atoms with Crippen LogP contribution in [-0.2, 0) is 9.47 Å². The fraction of sp³-hybridized carbons (Fsp3) is 0.319. The largest absolute Gasteiger partial charge is 0.464 e. The van der Waals surface area contributed by atoms with E-state index in [4.69, 9.17) is 14.7 Å². The molecule has 2 fully saturated rings. The molecule has 3 aliphatic carbocycles. The van der Waals surface area contributed by atoms with Crippen molar-refractivity contribution in [3.63, 3.8) is 0 Å². The van der Waals surface area contributed by atoms with Crippen molar-refractivity contribution >= 4 is 23.4 Å². The molecule has 3 aromatic heterocycles. The quantitative estimate of drug-likeness (QED) is 0.0826. The van der Waals surface area contributed by atoms with E-state index in [9.17, 15) is 14.4 Å². The van der Waals surface area contributed by atoms with Gasteiger partial charge in [0.15, 0.2) is 11.4 Å². The van der Waals surface area contributed by atoms with Crippen LogP contribution in [-0.4, -0.2) is 66.6 Å². The molecule has 0 unspecified atom stereocenters. The van der Waals surface area contributed by atoms with Crippen LogP contribution in [0.25, 0.3) is 22.6 Å². The van der Waals surface area contributed by atoms with E-state index in [1.54, 1.807) is 25.6 Å². The Bertz CT molecular complexity index is 2280. The highest BCUT2D eigenvalue weighted by Crippen LogP contribution is 2.35. The molecular weight excluding hydrogens is 759 g/mol. The first-order valence-electron chi connectivity index (χ1n) is 20.6. The van der Waals surface area contributed by atoms with Crippen molar-refractivity contribution in [1.29, 1.82) is 0 Å². The summed E-state index contributed by atoms with van der Waals surface area (Å²) in [6.45, 7) is 0. The third-order valence-corrected chi connectivity index (χ3v) is 11.2. The molecule has 1 amide bonds. The second kappa shape index (κ2) is 19.9. The van der Waals surface area contributed by atoms with Gasteiger partial charge in [-0.1, -0.05) is 86.4 Å². The minimum Gasteiger partial charge on any atom is -0.464 e. The van der Waals surface area contributed by atoms with Crippen molar-refractivity contribution in [2.45, 2.75) is 82.5 Å². The number of amides is 1. The van der Waals surface area contributed by atoms with E-state index in [0.717, 1.165) is 79.1 Å². The lowest BCUT2D eigenvalue weighted by Crippen LogP contribution is -2.22. The molecule has 0 atom stereocenters. The monoisotopic (exact) mass is 809 g/mol. The normalized spacial score (nSPS) is 15.0. The molecule has 2 saturated carbocycles. The molecule has 0 bridgehead atoms. The van der Waals surface area contributed by atoms with E-state index < -0.39 is 5.91 Å². The van der Waals surface area contributed by atoms with Crippen molar-refractivity contribution < 1.29 is 29.1 Å². The Morgan fingerprint density at radius 1 is 0.583 bits per heavy atom. The number of carbonyl (C=O) groups is 3. The van der Waals surface area contributed by atoms with Gasteiger partial charge in [0.2, 0.25) is 0 Å². The van der Waals surface area contributed by atoms with Gasteiger partial charge < -0.3 is 9.47 Å². The summed E-state index contributed by atoms with van der Waals surface area (Å²) in [7, 11) is 2.79. The highest BCUT2D eigenvalue weighted by atomic mass is 16.5. The first-order valence-corrected chi connectivity index (χ1v) is 20.6. The number of aromatic nitrogens is 6. The molecule has 13 nitrogen and oxygen atoms in total. The Morgan fingerprint density at radius 3 is 1.42 bits per heavy atom. The second-order valence-electron chi connectivity index (χ2n) is 15.1. The second-order valence-corrected chi connectivity index (χ2v) is 15.1. The van der Waals surface area contributed by atoms with Gasteiger partial charge in [0.1, 0.15) is 5.69 Å². The molecule has 0 aliphatic heterocycles. The maximum absolute atomic E-state index is 12.0. The van der Waals surface area contributed by atoms with Gasteiger partial charge in [-0.15, -0.1) is 0 Å². The number of para-hydroxylation sites is 3. The molecule has 2 N–H and O–H groups in total. The Hall–Kier alpha value is -6.60. The number of benzene rings is 3. The van der Waals surface area contributed by atoms with Gasteiger partial charge in [-0.25, -0.2) is 29.1 Å². The molecule has 6 aromatic rings. The fourth-order valence-corrected chi connectivity index (χ4v) is 8.10. The molecular formula is C47H51N7O6. The van der Waals surface area contributed by atoms with Gasteiger partial charge in [-0.05, 0) is 105 Å². The summed E-state index contributed by atoms with van der Waals surface area (Å²) in [4.78, 5) is 35.7. The number of hydrogen-bond acceptors (Lipinski definition) is 9. The highest BCUT2D eigenvalue weighted by Gasteiger charge is 2.26. The third-order valence-electron chi connectivity index (χ3n) is 11.2. The van der Waals surface area contributed by atoms with Crippen LogP contribution in [0.2, 0.25) is 0 Å². The maximum atomic E-state index is 12.0. The summed E-state index contributed by atoms with van der Waals surface area (Å²) in [5, 5.41) is 22.7. The van der Waals surface area contributed by atoms with Gasteiger partial charge in [-0.3, -0.25) is 10.0 Å². The molecule has 13 heteroatoms. The summed E-state index contributed by atoms with van der Waals surface area (Å²) < 4.78 is 14.7. The molecule has 0 saturated heterocycles. The molecule has 310 valence electrons. The number of allylic oxidation sites excluding steroid dienone is 2. The predicted octanol–water partition coefficient (Wildman–Crippen LogP) is 9.19. The van der Waals surface area contributed by atoms with E-state index >= 15 is 0 Å². The average molecular weight is 810 g/mol.